The van der Waals surface area contributed by atoms with Crippen molar-refractivity contribution in [1.29, 1.82) is 0 Å². The highest BCUT2D eigenvalue weighted by Crippen LogP contribution is 2.25. The third-order valence-electron chi connectivity index (χ3n) is 4.30. The largest absolute Gasteiger partial charge is 0.493 e. The second-order valence-corrected chi connectivity index (χ2v) is 8.39. The van der Waals surface area contributed by atoms with Crippen molar-refractivity contribution in [3.05, 3.63) is 82.1 Å². The lowest BCUT2D eigenvalue weighted by molar-refractivity contribution is 0.307. The predicted octanol–water partition coefficient (Wildman–Crippen LogP) is 6.38. The zero-order chi connectivity index (χ0) is 20.6. The molecule has 0 saturated heterocycles. The molecule has 0 aliphatic heterocycles. The van der Waals surface area contributed by atoms with E-state index in [0.717, 1.165) is 56.5 Å². The van der Waals surface area contributed by atoms with E-state index >= 15 is 0 Å². The number of thioether (sulfide) groups is 1. The van der Waals surface area contributed by atoms with Gasteiger partial charge in [-0.2, -0.15) is 0 Å². The smallest absolute Gasteiger partial charge is 0.191 e. The average Bonchev–Trinajstić information content (AvgIpc) is 3.07. The third-order valence-corrected chi connectivity index (χ3v) is 5.81. The number of benzene rings is 2. The molecule has 0 unspecified atom stereocenters. The number of hydrogen-bond donors (Lipinski definition) is 0. The van der Waals surface area contributed by atoms with E-state index in [4.69, 9.17) is 27.9 Å². The zero-order valence-electron chi connectivity index (χ0n) is 16.3. The molecule has 0 saturated carbocycles. The first-order valence-electron chi connectivity index (χ1n) is 9.36. The van der Waals surface area contributed by atoms with Crippen LogP contribution in [0, 0.1) is 6.92 Å². The van der Waals surface area contributed by atoms with E-state index in [1.165, 1.54) is 0 Å². The summed E-state index contributed by atoms with van der Waals surface area (Å²) in [6.45, 7) is 7.14. The summed E-state index contributed by atoms with van der Waals surface area (Å²) in [6.07, 6.45) is 3.49. The lowest BCUT2D eigenvalue weighted by Gasteiger charge is -2.10. The van der Waals surface area contributed by atoms with Crippen LogP contribution in [0.15, 0.2) is 60.3 Å². The number of hydrogen-bond acceptors (Lipinski definition) is 4. The molecule has 0 N–H and O–H groups in total. The maximum atomic E-state index is 6.07. The maximum Gasteiger partial charge on any atom is 0.191 e. The minimum absolute atomic E-state index is 0.606. The van der Waals surface area contributed by atoms with Gasteiger partial charge in [-0.3, -0.25) is 0 Å². The molecule has 0 spiro atoms. The van der Waals surface area contributed by atoms with Crippen LogP contribution in [0.25, 0.3) is 0 Å². The van der Waals surface area contributed by atoms with Crippen LogP contribution in [0.5, 0.6) is 5.75 Å². The lowest BCUT2D eigenvalue weighted by Crippen LogP contribution is -2.07. The lowest BCUT2D eigenvalue weighted by atomic mass is 10.2. The van der Waals surface area contributed by atoms with Crippen molar-refractivity contribution >= 4 is 35.0 Å². The van der Waals surface area contributed by atoms with Crippen molar-refractivity contribution in [2.75, 3.05) is 6.61 Å². The summed E-state index contributed by atoms with van der Waals surface area (Å²) < 4.78 is 7.99. The van der Waals surface area contributed by atoms with Gasteiger partial charge in [-0.25, -0.2) is 0 Å². The first-order chi connectivity index (χ1) is 14.1. The number of aromatic nitrogens is 3. The number of ether oxygens (including phenoxy) is 1. The van der Waals surface area contributed by atoms with E-state index in [0.29, 0.717) is 13.2 Å². The summed E-state index contributed by atoms with van der Waals surface area (Å²) in [5, 5.41) is 11.1. The fraction of sp³-hybridized carbons (Fsp3) is 0.273. The molecule has 3 rings (SSSR count). The van der Waals surface area contributed by atoms with Gasteiger partial charge in [0.2, 0.25) is 0 Å². The number of halogens is 2. The van der Waals surface area contributed by atoms with E-state index < -0.39 is 0 Å². The van der Waals surface area contributed by atoms with Gasteiger partial charge in [0.15, 0.2) is 5.16 Å². The van der Waals surface area contributed by atoms with Gasteiger partial charge in [0, 0.05) is 28.8 Å². The Morgan fingerprint density at radius 1 is 1.14 bits per heavy atom. The summed E-state index contributed by atoms with van der Waals surface area (Å²) in [6, 6.07) is 13.5. The minimum Gasteiger partial charge on any atom is -0.493 e. The fourth-order valence-electron chi connectivity index (χ4n) is 2.88. The Hall–Kier alpha value is -1.95. The topological polar surface area (TPSA) is 39.9 Å². The molecule has 2 aromatic carbocycles. The van der Waals surface area contributed by atoms with Gasteiger partial charge in [-0.15, -0.1) is 16.8 Å². The van der Waals surface area contributed by atoms with Crippen LogP contribution >= 0.6 is 35.0 Å². The minimum atomic E-state index is 0.606. The molecule has 152 valence electrons. The number of rotatable bonds is 10. The van der Waals surface area contributed by atoms with Crippen LogP contribution in [0.3, 0.4) is 0 Å². The van der Waals surface area contributed by atoms with Gasteiger partial charge in [0.25, 0.3) is 0 Å². The molecule has 0 radical (unpaired) electrons. The van der Waals surface area contributed by atoms with Crippen molar-refractivity contribution in [3.8, 4) is 5.75 Å². The van der Waals surface area contributed by atoms with Crippen LogP contribution in [-0.2, 0) is 18.7 Å². The van der Waals surface area contributed by atoms with Crippen LogP contribution in [0.4, 0.5) is 0 Å². The van der Waals surface area contributed by atoms with Crippen molar-refractivity contribution in [1.82, 2.24) is 14.8 Å². The Balaban J connectivity index is 1.57. The van der Waals surface area contributed by atoms with Crippen molar-refractivity contribution in [3.63, 3.8) is 0 Å². The van der Waals surface area contributed by atoms with Gasteiger partial charge in [0.1, 0.15) is 11.6 Å². The Morgan fingerprint density at radius 2 is 1.97 bits per heavy atom. The Morgan fingerprint density at radius 3 is 2.72 bits per heavy atom. The first kappa shape index (κ1) is 21.8. The maximum absolute atomic E-state index is 6.07. The molecule has 1 aromatic heterocycles. The highest BCUT2D eigenvalue weighted by atomic mass is 35.5. The van der Waals surface area contributed by atoms with Gasteiger partial charge in [0.05, 0.1) is 6.61 Å². The second kappa shape index (κ2) is 10.7. The molecule has 0 amide bonds. The molecule has 0 aliphatic rings. The van der Waals surface area contributed by atoms with Crippen LogP contribution in [-0.4, -0.2) is 21.4 Å². The van der Waals surface area contributed by atoms with E-state index in [-0.39, 0.29) is 0 Å². The van der Waals surface area contributed by atoms with E-state index in [1.807, 2.05) is 49.4 Å². The van der Waals surface area contributed by atoms with Gasteiger partial charge >= 0.3 is 0 Å². The zero-order valence-corrected chi connectivity index (χ0v) is 18.6. The quantitative estimate of drug-likeness (QED) is 0.205. The molecule has 7 heteroatoms. The fourth-order valence-corrected chi connectivity index (χ4v) is 4.23. The summed E-state index contributed by atoms with van der Waals surface area (Å²) in [4.78, 5) is 0. The highest BCUT2D eigenvalue weighted by Gasteiger charge is 2.12. The molecule has 0 aliphatic carbocycles. The SMILES string of the molecule is C=CCn1c(CCCOc2ccc(Cl)cc2C)nnc1SCc1cccc(Cl)c1. The summed E-state index contributed by atoms with van der Waals surface area (Å²) >= 11 is 13.7. The number of allylic oxidation sites excluding steroid dienone is 1. The third kappa shape index (κ3) is 6.26. The molecule has 3 aromatic rings. The molecule has 29 heavy (non-hydrogen) atoms. The Bertz CT molecular complexity index is 974. The standard InChI is InChI=1S/C22H23Cl2N3OS/c1-3-11-27-21(8-5-12-28-20-10-9-19(24)13-16(20)2)25-26-22(27)29-15-17-6-4-7-18(23)14-17/h3-4,6-7,9-10,13-14H,1,5,8,11-12,15H2,2H3. The Labute approximate surface area is 185 Å². The van der Waals surface area contributed by atoms with E-state index in [2.05, 4.69) is 27.4 Å². The number of nitrogens with zero attached hydrogens (tertiary/aromatic N) is 3. The first-order valence-corrected chi connectivity index (χ1v) is 11.1. The average molecular weight is 448 g/mol. The van der Waals surface area contributed by atoms with Crippen molar-refractivity contribution < 1.29 is 4.74 Å². The van der Waals surface area contributed by atoms with Gasteiger partial charge in [-0.05, 0) is 54.8 Å². The van der Waals surface area contributed by atoms with Gasteiger partial charge < -0.3 is 9.30 Å². The van der Waals surface area contributed by atoms with Gasteiger partial charge in [-0.1, -0.05) is 53.2 Å². The molecular weight excluding hydrogens is 425 g/mol. The monoisotopic (exact) mass is 447 g/mol. The second-order valence-electron chi connectivity index (χ2n) is 6.58. The van der Waals surface area contributed by atoms with Crippen LogP contribution in [0.1, 0.15) is 23.4 Å². The Kier molecular flexibility index (Phi) is 8.04. The molecule has 1 heterocycles. The predicted molar refractivity (Wildman–Crippen MR) is 121 cm³/mol. The van der Waals surface area contributed by atoms with Crippen LogP contribution < -0.4 is 4.74 Å². The number of aryl methyl sites for hydroxylation is 2. The summed E-state index contributed by atoms with van der Waals surface area (Å²) in [5.41, 5.74) is 2.19. The van der Waals surface area contributed by atoms with Crippen LogP contribution in [0.2, 0.25) is 10.0 Å². The molecule has 0 fully saturated rings. The molecule has 4 nitrogen and oxygen atoms in total. The summed E-state index contributed by atoms with van der Waals surface area (Å²) in [5.74, 6) is 2.59. The van der Waals surface area contributed by atoms with E-state index in [9.17, 15) is 0 Å². The molecular formula is C22H23Cl2N3OS. The van der Waals surface area contributed by atoms with Crippen molar-refractivity contribution in [2.24, 2.45) is 0 Å². The molecule has 0 atom stereocenters. The van der Waals surface area contributed by atoms with E-state index in [1.54, 1.807) is 11.8 Å². The molecule has 0 bridgehead atoms. The van der Waals surface area contributed by atoms with Crippen molar-refractivity contribution in [2.45, 2.75) is 37.2 Å². The summed E-state index contributed by atoms with van der Waals surface area (Å²) in [7, 11) is 0. The highest BCUT2D eigenvalue weighted by molar-refractivity contribution is 7.98. The normalized spacial score (nSPS) is 10.9.